The van der Waals surface area contributed by atoms with Crippen molar-refractivity contribution in [1.29, 1.82) is 5.26 Å². The van der Waals surface area contributed by atoms with E-state index < -0.39 is 0 Å². The van der Waals surface area contributed by atoms with Crippen LogP contribution in [0.1, 0.15) is 5.56 Å². The fourth-order valence-corrected chi connectivity index (χ4v) is 1.83. The van der Waals surface area contributed by atoms with Gasteiger partial charge in [-0.15, -0.1) is 11.8 Å². The molecule has 1 aromatic carbocycles. The molecule has 0 saturated carbocycles. The third kappa shape index (κ3) is 3.29. The van der Waals surface area contributed by atoms with E-state index in [1.54, 1.807) is 0 Å². The molecule has 6 heteroatoms. The molecule has 0 spiro atoms. The summed E-state index contributed by atoms with van der Waals surface area (Å²) in [5, 5.41) is 14.1. The van der Waals surface area contributed by atoms with Crippen LogP contribution in [0.15, 0.2) is 16.6 Å². The maximum Gasteiger partial charge on any atom is 0.178 e. The molecular weight excluding hydrogens is 293 g/mol. The minimum atomic E-state index is -0.320. The third-order valence-electron chi connectivity index (χ3n) is 1.94. The molecule has 0 heterocycles. The Balaban J connectivity index is 2.85. The van der Waals surface area contributed by atoms with Crippen LogP contribution >= 0.6 is 27.7 Å². The zero-order valence-corrected chi connectivity index (χ0v) is 11.2. The first-order valence-electron chi connectivity index (χ1n) is 4.48. The molecule has 0 fully saturated rings. The van der Waals surface area contributed by atoms with Crippen molar-refractivity contribution >= 4 is 33.4 Å². The van der Waals surface area contributed by atoms with E-state index in [0.717, 1.165) is 5.56 Å². The number of nitrogens with zero attached hydrogens (tertiary/aromatic N) is 1. The molecule has 0 aliphatic rings. The Labute approximate surface area is 107 Å². The molecule has 0 bridgehead atoms. The van der Waals surface area contributed by atoms with Crippen molar-refractivity contribution in [3.8, 4) is 6.19 Å². The summed E-state index contributed by atoms with van der Waals surface area (Å²) in [6.45, 7) is 1.81. The molecule has 3 nitrogen and oxygen atoms in total. The number of anilines is 1. The average molecular weight is 304 g/mol. The molecule has 0 amide bonds. The average Bonchev–Trinajstić information content (AvgIpc) is 2.25. The summed E-state index contributed by atoms with van der Waals surface area (Å²) in [5.41, 5.74) is 1.18. The molecule has 1 atom stereocenters. The first-order chi connectivity index (χ1) is 7.58. The Morgan fingerprint density at radius 2 is 2.25 bits per heavy atom. The Morgan fingerprint density at radius 1 is 1.56 bits per heavy atom. The first-order valence-corrected chi connectivity index (χ1v) is 6.56. The second kappa shape index (κ2) is 5.97. The van der Waals surface area contributed by atoms with E-state index in [2.05, 4.69) is 26.6 Å². The molecule has 1 aromatic rings. The van der Waals surface area contributed by atoms with Crippen LogP contribution in [0.4, 0.5) is 10.1 Å². The number of nitriles is 1. The molecule has 0 aromatic heterocycles. The van der Waals surface area contributed by atoms with E-state index in [-0.39, 0.29) is 11.3 Å². The van der Waals surface area contributed by atoms with Crippen molar-refractivity contribution in [2.75, 3.05) is 11.6 Å². The molecule has 2 N–H and O–H groups in total. The minimum absolute atomic E-state index is 0.259. The van der Waals surface area contributed by atoms with Crippen LogP contribution in [-0.4, -0.2) is 11.8 Å². The van der Waals surface area contributed by atoms with E-state index in [0.29, 0.717) is 10.2 Å². The van der Waals surface area contributed by atoms with Gasteiger partial charge in [0.1, 0.15) is 5.82 Å². The summed E-state index contributed by atoms with van der Waals surface area (Å²) in [7, 11) is 0. The monoisotopic (exact) mass is 303 g/mol. The molecule has 0 aliphatic carbocycles. The van der Waals surface area contributed by atoms with E-state index in [1.807, 2.05) is 25.4 Å². The van der Waals surface area contributed by atoms with Gasteiger partial charge in [-0.1, -0.05) is 0 Å². The smallest absolute Gasteiger partial charge is 0.178 e. The summed E-state index contributed by atoms with van der Waals surface area (Å²) >= 11 is 4.58. The summed E-state index contributed by atoms with van der Waals surface area (Å²) in [6.07, 6.45) is 3.69. The lowest BCUT2D eigenvalue weighted by Gasteiger charge is -2.16. The minimum Gasteiger partial charge on any atom is -0.356 e. The Bertz CT molecular complexity index is 396. The van der Waals surface area contributed by atoms with Crippen molar-refractivity contribution in [3.05, 3.63) is 28.0 Å². The number of nitrogens with one attached hydrogen (secondary N) is 2. The predicted molar refractivity (Wildman–Crippen MR) is 68.5 cm³/mol. The van der Waals surface area contributed by atoms with Gasteiger partial charge in [-0.05, 0) is 46.8 Å². The molecule has 0 saturated heterocycles. The number of benzene rings is 1. The second-order valence-corrected chi connectivity index (χ2v) is 4.84. The van der Waals surface area contributed by atoms with Gasteiger partial charge in [0.05, 0.1) is 4.47 Å². The van der Waals surface area contributed by atoms with Crippen molar-refractivity contribution in [2.24, 2.45) is 0 Å². The highest BCUT2D eigenvalue weighted by atomic mass is 79.9. The fourth-order valence-electron chi connectivity index (χ4n) is 1.17. The molecular formula is C10H11BrFN3S. The molecule has 0 radical (unpaired) electrons. The number of hydrogen-bond donors (Lipinski definition) is 2. The van der Waals surface area contributed by atoms with Gasteiger partial charge >= 0.3 is 0 Å². The highest BCUT2D eigenvalue weighted by molar-refractivity contribution is 9.10. The zero-order valence-electron chi connectivity index (χ0n) is 8.84. The maximum absolute atomic E-state index is 13.4. The number of hydrogen-bond acceptors (Lipinski definition) is 4. The lowest BCUT2D eigenvalue weighted by Crippen LogP contribution is -2.29. The first kappa shape index (κ1) is 13.1. The Kier molecular flexibility index (Phi) is 4.90. The molecule has 1 unspecified atom stereocenters. The Morgan fingerprint density at radius 3 is 2.75 bits per heavy atom. The number of aryl methyl sites for hydroxylation is 1. The molecule has 86 valence electrons. The number of thioether (sulfide) groups is 1. The fraction of sp³-hybridized carbons (Fsp3) is 0.300. The third-order valence-corrected chi connectivity index (χ3v) is 3.65. The molecule has 0 aliphatic heterocycles. The summed E-state index contributed by atoms with van der Waals surface area (Å²) in [6, 6.07) is 3.20. The lowest BCUT2D eigenvalue weighted by molar-refractivity contribution is 0.620. The molecule has 1 rings (SSSR count). The van der Waals surface area contributed by atoms with Gasteiger partial charge in [0.15, 0.2) is 11.7 Å². The quantitative estimate of drug-likeness (QED) is 0.510. The highest BCUT2D eigenvalue weighted by Gasteiger charge is 2.09. The van der Waals surface area contributed by atoms with Gasteiger partial charge in [0.2, 0.25) is 0 Å². The van der Waals surface area contributed by atoms with E-state index in [4.69, 9.17) is 5.26 Å². The van der Waals surface area contributed by atoms with E-state index in [9.17, 15) is 4.39 Å². The van der Waals surface area contributed by atoms with E-state index >= 15 is 0 Å². The van der Waals surface area contributed by atoms with Crippen LogP contribution in [0.2, 0.25) is 0 Å². The molecule has 16 heavy (non-hydrogen) atoms. The Hall–Kier alpha value is -0.930. The van der Waals surface area contributed by atoms with Crippen LogP contribution in [-0.2, 0) is 0 Å². The van der Waals surface area contributed by atoms with Crippen LogP contribution in [0.5, 0.6) is 0 Å². The van der Waals surface area contributed by atoms with Gasteiger partial charge < -0.3 is 5.32 Å². The van der Waals surface area contributed by atoms with Gasteiger partial charge in [-0.25, -0.2) is 4.39 Å². The zero-order chi connectivity index (χ0) is 12.1. The van der Waals surface area contributed by atoms with Crippen molar-refractivity contribution in [1.82, 2.24) is 5.32 Å². The van der Waals surface area contributed by atoms with Gasteiger partial charge in [0, 0.05) is 5.69 Å². The summed E-state index contributed by atoms with van der Waals surface area (Å²) < 4.78 is 13.9. The highest BCUT2D eigenvalue weighted by Crippen LogP contribution is 2.25. The van der Waals surface area contributed by atoms with E-state index in [1.165, 1.54) is 17.8 Å². The normalized spacial score (nSPS) is 11.7. The van der Waals surface area contributed by atoms with Crippen LogP contribution in [0.25, 0.3) is 0 Å². The van der Waals surface area contributed by atoms with Crippen LogP contribution in [0, 0.1) is 24.2 Å². The lowest BCUT2D eigenvalue weighted by atomic mass is 10.2. The van der Waals surface area contributed by atoms with Crippen molar-refractivity contribution in [3.63, 3.8) is 0 Å². The van der Waals surface area contributed by atoms with Gasteiger partial charge in [-0.2, -0.15) is 5.26 Å². The van der Waals surface area contributed by atoms with Crippen LogP contribution < -0.4 is 10.6 Å². The summed E-state index contributed by atoms with van der Waals surface area (Å²) in [4.78, 5) is 0. The van der Waals surface area contributed by atoms with Crippen LogP contribution in [0.3, 0.4) is 0 Å². The largest absolute Gasteiger partial charge is 0.356 e. The van der Waals surface area contributed by atoms with Gasteiger partial charge in [-0.3, -0.25) is 5.32 Å². The second-order valence-electron chi connectivity index (χ2n) is 3.11. The van der Waals surface area contributed by atoms with Crippen molar-refractivity contribution in [2.45, 2.75) is 12.4 Å². The summed E-state index contributed by atoms with van der Waals surface area (Å²) in [5.74, 6) is -0.320. The van der Waals surface area contributed by atoms with Gasteiger partial charge in [0.25, 0.3) is 0 Å². The standard InChI is InChI=1S/C10H11BrFN3S/c1-6-3-7(4-8(12)9(6)11)15-10(16-2)14-5-13/h3-4,10,14-15H,1-2H3. The number of rotatable bonds is 4. The van der Waals surface area contributed by atoms with Crippen molar-refractivity contribution < 1.29 is 4.39 Å². The topological polar surface area (TPSA) is 47.9 Å². The SMILES string of the molecule is CSC(NC#N)Nc1cc(C)c(Br)c(F)c1. The predicted octanol–water partition coefficient (Wildman–Crippen LogP) is 3.03. The number of halogens is 2. The maximum atomic E-state index is 13.4.